The third kappa shape index (κ3) is 6.03. The van der Waals surface area contributed by atoms with Gasteiger partial charge in [-0.3, -0.25) is 9.10 Å². The van der Waals surface area contributed by atoms with Crippen LogP contribution in [0.5, 0.6) is 0 Å². The number of carbonyl (C=O) groups is 1. The van der Waals surface area contributed by atoms with Crippen molar-refractivity contribution in [2.45, 2.75) is 13.1 Å². The SMILES string of the molecule is CS(=O)(=O)N(Cc1ccc(C(=O)NCc2ccc(-n3ccnc3)cc2)cc1)c1cccc(Cl)c1Cl. The van der Waals surface area contributed by atoms with Crippen LogP contribution in [0.15, 0.2) is 85.5 Å². The highest BCUT2D eigenvalue weighted by atomic mass is 35.5. The third-order valence-corrected chi connectivity index (χ3v) is 7.27. The predicted molar refractivity (Wildman–Crippen MR) is 139 cm³/mol. The molecule has 0 unspecified atom stereocenters. The number of aromatic nitrogens is 2. The largest absolute Gasteiger partial charge is 0.348 e. The second-order valence-corrected chi connectivity index (χ2v) is 10.6. The minimum absolute atomic E-state index is 0.0457. The highest BCUT2D eigenvalue weighted by molar-refractivity contribution is 7.92. The van der Waals surface area contributed by atoms with Crippen LogP contribution in [0.3, 0.4) is 0 Å². The number of benzene rings is 3. The lowest BCUT2D eigenvalue weighted by atomic mass is 10.1. The fraction of sp³-hybridized carbons (Fsp3) is 0.120. The summed E-state index contributed by atoms with van der Waals surface area (Å²) in [6.45, 7) is 0.421. The first-order chi connectivity index (χ1) is 16.7. The maximum Gasteiger partial charge on any atom is 0.251 e. The molecule has 0 aliphatic heterocycles. The van der Waals surface area contributed by atoms with Gasteiger partial charge in [-0.1, -0.05) is 53.5 Å². The number of amides is 1. The quantitative estimate of drug-likeness (QED) is 0.345. The maximum atomic E-state index is 12.6. The number of nitrogens with zero attached hydrogens (tertiary/aromatic N) is 3. The first-order valence-corrected chi connectivity index (χ1v) is 13.2. The molecule has 1 aromatic heterocycles. The molecule has 180 valence electrons. The van der Waals surface area contributed by atoms with Crippen LogP contribution in [0, 0.1) is 0 Å². The van der Waals surface area contributed by atoms with Crippen molar-refractivity contribution < 1.29 is 13.2 Å². The second-order valence-electron chi connectivity index (χ2n) is 7.86. The lowest BCUT2D eigenvalue weighted by Gasteiger charge is -2.24. The fourth-order valence-corrected chi connectivity index (χ4v) is 4.82. The number of rotatable bonds is 8. The summed E-state index contributed by atoms with van der Waals surface area (Å²) in [7, 11) is -3.63. The molecule has 1 amide bonds. The molecule has 10 heteroatoms. The van der Waals surface area contributed by atoms with E-state index in [-0.39, 0.29) is 22.5 Å². The van der Waals surface area contributed by atoms with Gasteiger partial charge in [-0.25, -0.2) is 13.4 Å². The van der Waals surface area contributed by atoms with Gasteiger partial charge < -0.3 is 9.88 Å². The van der Waals surface area contributed by atoms with Gasteiger partial charge >= 0.3 is 0 Å². The van der Waals surface area contributed by atoms with Crippen LogP contribution in [0.25, 0.3) is 5.69 Å². The number of imidazole rings is 1. The van der Waals surface area contributed by atoms with Gasteiger partial charge in [0, 0.05) is 30.2 Å². The average Bonchev–Trinajstić information content (AvgIpc) is 3.38. The zero-order valence-electron chi connectivity index (χ0n) is 18.7. The highest BCUT2D eigenvalue weighted by Crippen LogP contribution is 2.34. The normalized spacial score (nSPS) is 11.3. The Morgan fingerprint density at radius 3 is 2.31 bits per heavy atom. The zero-order valence-corrected chi connectivity index (χ0v) is 21.1. The molecule has 4 aromatic rings. The Balaban J connectivity index is 1.41. The number of hydrogen-bond acceptors (Lipinski definition) is 4. The molecule has 4 rings (SSSR count). The van der Waals surface area contributed by atoms with Gasteiger partial charge in [0.05, 0.1) is 34.9 Å². The summed E-state index contributed by atoms with van der Waals surface area (Å²) in [4.78, 5) is 16.6. The van der Waals surface area contributed by atoms with Crippen LogP contribution in [-0.2, 0) is 23.1 Å². The van der Waals surface area contributed by atoms with Crippen molar-refractivity contribution in [2.24, 2.45) is 0 Å². The summed E-state index contributed by atoms with van der Waals surface area (Å²) in [5, 5.41) is 3.32. The van der Waals surface area contributed by atoms with Crippen LogP contribution in [0.4, 0.5) is 5.69 Å². The van der Waals surface area contributed by atoms with E-state index in [1.54, 1.807) is 55.0 Å². The molecule has 0 bridgehead atoms. The van der Waals surface area contributed by atoms with Crippen molar-refractivity contribution in [2.75, 3.05) is 10.6 Å². The van der Waals surface area contributed by atoms with E-state index in [9.17, 15) is 13.2 Å². The molecule has 35 heavy (non-hydrogen) atoms. The lowest BCUT2D eigenvalue weighted by Crippen LogP contribution is -2.29. The molecule has 0 aliphatic rings. The molecular formula is C25H22Cl2N4O3S. The van der Waals surface area contributed by atoms with Crippen LogP contribution in [0.2, 0.25) is 10.0 Å². The molecule has 0 fully saturated rings. The molecule has 0 saturated carbocycles. The van der Waals surface area contributed by atoms with Gasteiger partial charge in [0.15, 0.2) is 0 Å². The topological polar surface area (TPSA) is 84.3 Å². The van der Waals surface area contributed by atoms with Gasteiger partial charge in [-0.05, 0) is 47.5 Å². The first kappa shape index (κ1) is 24.8. The van der Waals surface area contributed by atoms with Gasteiger partial charge in [0.1, 0.15) is 0 Å². The minimum Gasteiger partial charge on any atom is -0.348 e. The number of halogens is 2. The van der Waals surface area contributed by atoms with Gasteiger partial charge in [0.25, 0.3) is 5.91 Å². The van der Waals surface area contributed by atoms with Crippen molar-refractivity contribution in [1.29, 1.82) is 0 Å². The Hall–Kier alpha value is -3.33. The van der Waals surface area contributed by atoms with Gasteiger partial charge in [-0.15, -0.1) is 0 Å². The Kier molecular flexibility index (Phi) is 7.45. The number of anilines is 1. The van der Waals surface area contributed by atoms with Crippen molar-refractivity contribution in [3.8, 4) is 5.69 Å². The third-order valence-electron chi connectivity index (χ3n) is 5.33. The summed E-state index contributed by atoms with van der Waals surface area (Å²) >= 11 is 12.3. The Labute approximate surface area is 214 Å². The predicted octanol–water partition coefficient (Wildman–Crippen LogP) is 5.08. The first-order valence-electron chi connectivity index (χ1n) is 10.6. The molecule has 0 atom stereocenters. The van der Waals surface area contributed by atoms with Crippen molar-refractivity contribution >= 4 is 44.8 Å². The van der Waals surface area contributed by atoms with Crippen molar-refractivity contribution in [1.82, 2.24) is 14.9 Å². The zero-order chi connectivity index (χ0) is 25.0. The Bertz CT molecular complexity index is 1420. The second kappa shape index (κ2) is 10.5. The average molecular weight is 529 g/mol. The van der Waals surface area contributed by atoms with E-state index < -0.39 is 10.0 Å². The minimum atomic E-state index is -3.63. The molecular weight excluding hydrogens is 507 g/mol. The smallest absolute Gasteiger partial charge is 0.251 e. The van der Waals surface area contributed by atoms with Crippen LogP contribution < -0.4 is 9.62 Å². The van der Waals surface area contributed by atoms with E-state index >= 15 is 0 Å². The molecule has 1 N–H and O–H groups in total. The van der Waals surface area contributed by atoms with E-state index in [4.69, 9.17) is 23.2 Å². The number of carbonyl (C=O) groups excluding carboxylic acids is 1. The van der Waals surface area contributed by atoms with Crippen molar-refractivity contribution in [3.63, 3.8) is 0 Å². The summed E-state index contributed by atoms with van der Waals surface area (Å²) in [5.74, 6) is -0.229. The maximum absolute atomic E-state index is 12.6. The molecule has 1 heterocycles. The molecule has 0 aliphatic carbocycles. The molecule has 0 spiro atoms. The lowest BCUT2D eigenvalue weighted by molar-refractivity contribution is 0.0951. The fourth-order valence-electron chi connectivity index (χ4n) is 3.48. The van der Waals surface area contributed by atoms with Crippen molar-refractivity contribution in [3.05, 3.63) is 112 Å². The van der Waals surface area contributed by atoms with Crippen LogP contribution in [0.1, 0.15) is 21.5 Å². The summed E-state index contributed by atoms with van der Waals surface area (Å²) in [6, 6.07) is 19.4. The van der Waals surface area contributed by atoms with Crippen LogP contribution in [-0.4, -0.2) is 30.1 Å². The Morgan fingerprint density at radius 2 is 1.69 bits per heavy atom. The van der Waals surface area contributed by atoms with E-state index in [1.807, 2.05) is 35.0 Å². The summed E-state index contributed by atoms with van der Waals surface area (Å²) in [5.41, 5.74) is 3.40. The van der Waals surface area contributed by atoms with Gasteiger partial charge in [-0.2, -0.15) is 0 Å². The summed E-state index contributed by atoms with van der Waals surface area (Å²) in [6.07, 6.45) is 6.40. The van der Waals surface area contributed by atoms with Crippen LogP contribution >= 0.6 is 23.2 Å². The summed E-state index contributed by atoms with van der Waals surface area (Å²) < 4.78 is 28.0. The highest BCUT2D eigenvalue weighted by Gasteiger charge is 2.21. The van der Waals surface area contributed by atoms with E-state index in [0.29, 0.717) is 23.4 Å². The van der Waals surface area contributed by atoms with Gasteiger partial charge in [0.2, 0.25) is 10.0 Å². The van der Waals surface area contributed by atoms with E-state index in [1.165, 1.54) is 4.31 Å². The molecule has 7 nitrogen and oxygen atoms in total. The van der Waals surface area contributed by atoms with E-state index in [2.05, 4.69) is 10.3 Å². The number of sulfonamides is 1. The standard InChI is InChI=1S/C25H22Cl2N4O3S/c1-35(33,34)31(23-4-2-3-22(26)24(23)27)16-19-5-9-20(10-6-19)25(32)29-15-18-7-11-21(12-8-18)30-14-13-28-17-30/h2-14,17H,15-16H2,1H3,(H,29,32). The number of hydrogen-bond donors (Lipinski definition) is 1. The molecule has 0 radical (unpaired) electrons. The Morgan fingerprint density at radius 1 is 1.00 bits per heavy atom. The monoisotopic (exact) mass is 528 g/mol. The molecule has 3 aromatic carbocycles. The number of nitrogens with one attached hydrogen (secondary N) is 1. The molecule has 0 saturated heterocycles. The van der Waals surface area contributed by atoms with E-state index in [0.717, 1.165) is 17.5 Å².